The van der Waals surface area contributed by atoms with Crippen molar-refractivity contribution in [2.24, 2.45) is 0 Å². The van der Waals surface area contributed by atoms with Crippen molar-refractivity contribution in [2.45, 2.75) is 13.8 Å². The number of rotatable bonds is 5. The SMILES string of the molecule is Cc1cccc(NC(=O)/C=C/c2cn(-c3ccccc3)nc2-c2cccnc2)c1C. The first kappa shape index (κ1) is 19.3. The molecular weight excluding hydrogens is 372 g/mol. The summed E-state index contributed by atoms with van der Waals surface area (Å²) in [4.78, 5) is 16.7. The van der Waals surface area contributed by atoms with Crippen LogP contribution in [-0.2, 0) is 4.79 Å². The standard InChI is InChI=1S/C25H22N4O/c1-18-8-6-12-23(19(18)2)27-24(30)14-13-21-17-29(22-10-4-3-5-11-22)28-25(21)20-9-7-15-26-16-20/h3-17H,1-2H3,(H,27,30)/b14-13+. The smallest absolute Gasteiger partial charge is 0.248 e. The number of hydrogen-bond donors (Lipinski definition) is 1. The molecule has 2 heterocycles. The molecule has 4 rings (SSSR count). The fourth-order valence-electron chi connectivity index (χ4n) is 3.18. The highest BCUT2D eigenvalue weighted by atomic mass is 16.1. The number of aromatic nitrogens is 3. The first-order valence-corrected chi connectivity index (χ1v) is 9.72. The van der Waals surface area contributed by atoms with Crippen molar-refractivity contribution in [3.63, 3.8) is 0 Å². The van der Waals surface area contributed by atoms with Gasteiger partial charge in [-0.2, -0.15) is 5.10 Å². The molecule has 0 saturated carbocycles. The Morgan fingerprint density at radius 1 is 1.00 bits per heavy atom. The Hall–Kier alpha value is -3.99. The maximum Gasteiger partial charge on any atom is 0.248 e. The van der Waals surface area contributed by atoms with E-state index in [0.29, 0.717) is 0 Å². The number of nitrogens with zero attached hydrogens (tertiary/aromatic N) is 3. The number of para-hydroxylation sites is 1. The van der Waals surface area contributed by atoms with Crippen LogP contribution in [0.4, 0.5) is 5.69 Å². The van der Waals surface area contributed by atoms with Gasteiger partial charge in [-0.3, -0.25) is 9.78 Å². The van der Waals surface area contributed by atoms with E-state index in [1.807, 2.05) is 85.4 Å². The molecule has 148 valence electrons. The molecule has 0 radical (unpaired) electrons. The van der Waals surface area contributed by atoms with Crippen LogP contribution in [-0.4, -0.2) is 20.7 Å². The number of carbonyl (C=O) groups excluding carboxylic acids is 1. The second kappa shape index (κ2) is 8.57. The second-order valence-corrected chi connectivity index (χ2v) is 7.02. The zero-order chi connectivity index (χ0) is 20.9. The highest BCUT2D eigenvalue weighted by Crippen LogP contribution is 2.24. The summed E-state index contributed by atoms with van der Waals surface area (Å²) in [6.07, 6.45) is 8.73. The minimum Gasteiger partial charge on any atom is -0.322 e. The number of aryl methyl sites for hydroxylation is 1. The Balaban J connectivity index is 1.64. The van der Waals surface area contributed by atoms with E-state index in [9.17, 15) is 4.79 Å². The molecule has 5 heteroatoms. The molecule has 1 N–H and O–H groups in total. The number of amides is 1. The molecule has 0 saturated heterocycles. The summed E-state index contributed by atoms with van der Waals surface area (Å²) in [7, 11) is 0. The van der Waals surface area contributed by atoms with Crippen molar-refractivity contribution in [3.8, 4) is 16.9 Å². The van der Waals surface area contributed by atoms with Crippen molar-refractivity contribution in [1.29, 1.82) is 0 Å². The molecule has 5 nitrogen and oxygen atoms in total. The number of carbonyl (C=O) groups is 1. The molecule has 0 atom stereocenters. The van der Waals surface area contributed by atoms with Crippen molar-refractivity contribution in [1.82, 2.24) is 14.8 Å². The summed E-state index contributed by atoms with van der Waals surface area (Å²) in [5.41, 5.74) is 6.46. The quantitative estimate of drug-likeness (QED) is 0.473. The summed E-state index contributed by atoms with van der Waals surface area (Å²) in [5.74, 6) is -0.187. The highest BCUT2D eigenvalue weighted by Gasteiger charge is 2.11. The van der Waals surface area contributed by atoms with Gasteiger partial charge in [-0.25, -0.2) is 4.68 Å². The summed E-state index contributed by atoms with van der Waals surface area (Å²) in [5, 5.41) is 7.69. The number of pyridine rings is 1. The minimum atomic E-state index is -0.187. The summed E-state index contributed by atoms with van der Waals surface area (Å²) >= 11 is 0. The van der Waals surface area contributed by atoms with Gasteiger partial charge in [0.2, 0.25) is 5.91 Å². The molecule has 0 aliphatic rings. The average molecular weight is 394 g/mol. The first-order valence-electron chi connectivity index (χ1n) is 9.72. The predicted octanol–water partition coefficient (Wildman–Crippen LogP) is 5.20. The van der Waals surface area contributed by atoms with Crippen LogP contribution in [0, 0.1) is 13.8 Å². The van der Waals surface area contributed by atoms with E-state index in [0.717, 1.165) is 39.3 Å². The molecule has 0 fully saturated rings. The van der Waals surface area contributed by atoms with E-state index in [1.54, 1.807) is 18.5 Å². The third-order valence-electron chi connectivity index (χ3n) is 4.98. The fraction of sp³-hybridized carbons (Fsp3) is 0.0800. The van der Waals surface area contributed by atoms with Gasteiger partial charge in [-0.1, -0.05) is 30.3 Å². The van der Waals surface area contributed by atoms with Crippen LogP contribution in [0.15, 0.2) is 85.3 Å². The number of anilines is 1. The topological polar surface area (TPSA) is 59.8 Å². The van der Waals surface area contributed by atoms with Gasteiger partial charge in [0.05, 0.1) is 5.69 Å². The van der Waals surface area contributed by atoms with E-state index in [4.69, 9.17) is 5.10 Å². The molecule has 1 amide bonds. The molecule has 4 aromatic rings. The number of nitrogens with one attached hydrogen (secondary N) is 1. The lowest BCUT2D eigenvalue weighted by molar-refractivity contribution is -0.111. The molecule has 0 aliphatic carbocycles. The van der Waals surface area contributed by atoms with Crippen molar-refractivity contribution in [2.75, 3.05) is 5.32 Å². The summed E-state index contributed by atoms with van der Waals surface area (Å²) < 4.78 is 1.81. The molecule has 0 spiro atoms. The second-order valence-electron chi connectivity index (χ2n) is 7.02. The van der Waals surface area contributed by atoms with Gasteiger partial charge in [0, 0.05) is 41.5 Å². The molecule has 30 heavy (non-hydrogen) atoms. The Labute approximate surface area is 175 Å². The lowest BCUT2D eigenvalue weighted by Crippen LogP contribution is -2.09. The molecular formula is C25H22N4O. The average Bonchev–Trinajstić information content (AvgIpc) is 3.21. The van der Waals surface area contributed by atoms with Crippen molar-refractivity contribution < 1.29 is 4.79 Å². The van der Waals surface area contributed by atoms with Crippen molar-refractivity contribution >= 4 is 17.7 Å². The van der Waals surface area contributed by atoms with Gasteiger partial charge >= 0.3 is 0 Å². The molecule has 0 bridgehead atoms. The Morgan fingerprint density at radius 3 is 2.60 bits per heavy atom. The first-order chi connectivity index (χ1) is 14.6. The van der Waals surface area contributed by atoms with Gasteiger partial charge in [0.25, 0.3) is 0 Å². The van der Waals surface area contributed by atoms with Crippen LogP contribution in [0.3, 0.4) is 0 Å². The third-order valence-corrected chi connectivity index (χ3v) is 4.98. The lowest BCUT2D eigenvalue weighted by Gasteiger charge is -2.08. The van der Waals surface area contributed by atoms with Crippen LogP contribution >= 0.6 is 0 Å². The van der Waals surface area contributed by atoms with E-state index in [1.165, 1.54) is 6.08 Å². The van der Waals surface area contributed by atoms with Crippen LogP contribution < -0.4 is 5.32 Å². The molecule has 2 aromatic heterocycles. The number of benzene rings is 2. The monoisotopic (exact) mass is 394 g/mol. The highest BCUT2D eigenvalue weighted by molar-refractivity contribution is 6.02. The minimum absolute atomic E-state index is 0.187. The van der Waals surface area contributed by atoms with Gasteiger partial charge in [0.1, 0.15) is 5.69 Å². The van der Waals surface area contributed by atoms with Crippen molar-refractivity contribution in [3.05, 3.63) is 102 Å². The van der Waals surface area contributed by atoms with Crippen LogP contribution in [0.5, 0.6) is 0 Å². The predicted molar refractivity (Wildman–Crippen MR) is 120 cm³/mol. The summed E-state index contributed by atoms with van der Waals surface area (Å²) in [6, 6.07) is 19.6. The summed E-state index contributed by atoms with van der Waals surface area (Å²) in [6.45, 7) is 4.03. The Kier molecular flexibility index (Phi) is 5.52. The zero-order valence-electron chi connectivity index (χ0n) is 16.9. The maximum atomic E-state index is 12.5. The zero-order valence-corrected chi connectivity index (χ0v) is 16.9. The van der Waals surface area contributed by atoms with Gasteiger partial charge in [-0.15, -0.1) is 0 Å². The van der Waals surface area contributed by atoms with E-state index in [2.05, 4.69) is 10.3 Å². The lowest BCUT2D eigenvalue weighted by atomic mass is 10.1. The molecule has 0 aliphatic heterocycles. The Morgan fingerprint density at radius 2 is 1.83 bits per heavy atom. The van der Waals surface area contributed by atoms with E-state index < -0.39 is 0 Å². The Bertz CT molecular complexity index is 1190. The molecule has 2 aromatic carbocycles. The van der Waals surface area contributed by atoms with Gasteiger partial charge in [0.15, 0.2) is 0 Å². The fourth-order valence-corrected chi connectivity index (χ4v) is 3.18. The van der Waals surface area contributed by atoms with E-state index >= 15 is 0 Å². The van der Waals surface area contributed by atoms with Gasteiger partial charge in [-0.05, 0) is 61.4 Å². The normalized spacial score (nSPS) is 11.0. The van der Waals surface area contributed by atoms with Gasteiger partial charge < -0.3 is 5.32 Å². The third kappa shape index (κ3) is 4.20. The van der Waals surface area contributed by atoms with Crippen LogP contribution in [0.2, 0.25) is 0 Å². The van der Waals surface area contributed by atoms with Crippen LogP contribution in [0.1, 0.15) is 16.7 Å². The molecule has 0 unspecified atom stereocenters. The maximum absolute atomic E-state index is 12.5. The van der Waals surface area contributed by atoms with E-state index in [-0.39, 0.29) is 5.91 Å². The largest absolute Gasteiger partial charge is 0.322 e. The van der Waals surface area contributed by atoms with Crippen LogP contribution in [0.25, 0.3) is 23.0 Å². The number of hydrogen-bond acceptors (Lipinski definition) is 3.